The maximum absolute atomic E-state index is 10.9. The van der Waals surface area contributed by atoms with Gasteiger partial charge in [0.05, 0.1) is 24.1 Å². The van der Waals surface area contributed by atoms with E-state index in [0.29, 0.717) is 12.5 Å². The predicted molar refractivity (Wildman–Crippen MR) is 100 cm³/mol. The number of hydrogen-bond acceptors (Lipinski definition) is 5. The summed E-state index contributed by atoms with van der Waals surface area (Å²) in [4.78, 5) is 26.6. The van der Waals surface area contributed by atoms with E-state index in [-0.39, 0.29) is 5.91 Å². The molecule has 3 heterocycles. The van der Waals surface area contributed by atoms with Gasteiger partial charge < -0.3 is 5.32 Å². The second-order valence-electron chi connectivity index (χ2n) is 7.13. The quantitative estimate of drug-likeness (QED) is 0.863. The van der Waals surface area contributed by atoms with Gasteiger partial charge in [-0.2, -0.15) is 0 Å². The molecule has 6 heteroatoms. The van der Waals surface area contributed by atoms with Crippen molar-refractivity contribution in [2.45, 2.75) is 46.2 Å². The molecule has 1 aliphatic rings. The smallest absolute Gasteiger partial charge is 0.217 e. The van der Waals surface area contributed by atoms with Gasteiger partial charge in [0, 0.05) is 32.1 Å². The lowest BCUT2D eigenvalue weighted by molar-refractivity contribution is -0.119. The number of pyridine rings is 1. The molecule has 0 bridgehead atoms. The minimum Gasteiger partial charge on any atom is -0.351 e. The van der Waals surface area contributed by atoms with E-state index in [1.165, 1.54) is 30.9 Å². The van der Waals surface area contributed by atoms with Crippen molar-refractivity contribution in [3.05, 3.63) is 53.4 Å². The molecule has 0 aliphatic carbocycles. The molecule has 1 fully saturated rings. The lowest BCUT2D eigenvalue weighted by Crippen LogP contribution is -2.34. The van der Waals surface area contributed by atoms with Crippen molar-refractivity contribution in [1.29, 1.82) is 0 Å². The third-order valence-electron chi connectivity index (χ3n) is 5.01. The van der Waals surface area contributed by atoms with E-state index in [2.05, 4.69) is 38.2 Å². The summed E-state index contributed by atoms with van der Waals surface area (Å²) in [5, 5.41) is 2.74. The molecule has 1 aliphatic heterocycles. The van der Waals surface area contributed by atoms with Crippen LogP contribution in [0.5, 0.6) is 0 Å². The van der Waals surface area contributed by atoms with Gasteiger partial charge in [-0.1, -0.05) is 0 Å². The number of aromatic nitrogens is 3. The lowest BCUT2D eigenvalue weighted by atomic mass is 9.92. The van der Waals surface area contributed by atoms with Gasteiger partial charge in [0.2, 0.25) is 5.91 Å². The highest BCUT2D eigenvalue weighted by Crippen LogP contribution is 2.22. The van der Waals surface area contributed by atoms with Crippen LogP contribution in [0.15, 0.2) is 30.9 Å². The van der Waals surface area contributed by atoms with Crippen LogP contribution in [-0.2, 0) is 24.3 Å². The summed E-state index contributed by atoms with van der Waals surface area (Å²) in [5.41, 5.74) is 4.48. The summed E-state index contributed by atoms with van der Waals surface area (Å²) >= 11 is 0. The van der Waals surface area contributed by atoms with Crippen LogP contribution in [0.4, 0.5) is 0 Å². The van der Waals surface area contributed by atoms with Crippen molar-refractivity contribution in [2.75, 3.05) is 13.1 Å². The zero-order valence-electron chi connectivity index (χ0n) is 15.6. The number of hydrogen-bond donors (Lipinski definition) is 1. The number of nitrogens with one attached hydrogen (secondary N) is 1. The molecule has 0 spiro atoms. The van der Waals surface area contributed by atoms with E-state index in [1.54, 1.807) is 6.20 Å². The minimum atomic E-state index is -0.0513. The Labute approximate surface area is 155 Å². The fraction of sp³-hybridized carbons (Fsp3) is 0.500. The normalized spacial score (nSPS) is 15.8. The van der Waals surface area contributed by atoms with Crippen molar-refractivity contribution < 1.29 is 4.79 Å². The van der Waals surface area contributed by atoms with Gasteiger partial charge in [-0.25, -0.2) is 0 Å². The second kappa shape index (κ2) is 8.85. The topological polar surface area (TPSA) is 71.0 Å². The average Bonchev–Trinajstić information content (AvgIpc) is 2.64. The fourth-order valence-corrected chi connectivity index (χ4v) is 3.36. The number of carbonyl (C=O) groups is 1. The first kappa shape index (κ1) is 18.5. The highest BCUT2D eigenvalue weighted by molar-refractivity contribution is 5.72. The molecule has 0 saturated carbocycles. The van der Waals surface area contributed by atoms with E-state index < -0.39 is 0 Å². The summed E-state index contributed by atoms with van der Waals surface area (Å²) in [5.74, 6) is 0.616. The summed E-state index contributed by atoms with van der Waals surface area (Å²) in [6.45, 7) is 7.34. The predicted octanol–water partition coefficient (Wildman–Crippen LogP) is 2.27. The molecule has 6 nitrogen and oxygen atoms in total. The summed E-state index contributed by atoms with van der Waals surface area (Å²) in [7, 11) is 0. The van der Waals surface area contributed by atoms with Crippen molar-refractivity contribution in [1.82, 2.24) is 25.2 Å². The molecule has 1 amide bonds. The maximum Gasteiger partial charge on any atom is 0.217 e. The number of likely N-dealkylation sites (tertiary alicyclic amines) is 1. The molecule has 0 unspecified atom stereocenters. The molecular formula is C20H27N5O. The number of rotatable bonds is 6. The van der Waals surface area contributed by atoms with Gasteiger partial charge in [0.25, 0.3) is 0 Å². The van der Waals surface area contributed by atoms with Gasteiger partial charge in [-0.15, -0.1) is 0 Å². The molecule has 26 heavy (non-hydrogen) atoms. The van der Waals surface area contributed by atoms with Gasteiger partial charge in [0.15, 0.2) is 0 Å². The Hall–Kier alpha value is -2.34. The number of aryl methyl sites for hydroxylation is 1. The molecular weight excluding hydrogens is 326 g/mol. The molecule has 1 saturated heterocycles. The van der Waals surface area contributed by atoms with Crippen LogP contribution in [0.3, 0.4) is 0 Å². The van der Waals surface area contributed by atoms with E-state index >= 15 is 0 Å². The van der Waals surface area contributed by atoms with Crippen molar-refractivity contribution in [3.63, 3.8) is 0 Å². The van der Waals surface area contributed by atoms with Crippen molar-refractivity contribution in [3.8, 4) is 0 Å². The van der Waals surface area contributed by atoms with Gasteiger partial charge >= 0.3 is 0 Å². The largest absolute Gasteiger partial charge is 0.351 e. The zero-order valence-corrected chi connectivity index (χ0v) is 15.6. The number of carbonyl (C=O) groups excluding carboxylic acids is 1. The van der Waals surface area contributed by atoms with Crippen LogP contribution in [0, 0.1) is 12.8 Å². The third kappa shape index (κ3) is 5.33. The molecule has 3 rings (SSSR count). The second-order valence-corrected chi connectivity index (χ2v) is 7.13. The summed E-state index contributed by atoms with van der Waals surface area (Å²) in [6.07, 6.45) is 10.8. The fourth-order valence-electron chi connectivity index (χ4n) is 3.36. The highest BCUT2D eigenvalue weighted by atomic mass is 16.1. The number of piperidine rings is 1. The Morgan fingerprint density at radius 3 is 2.58 bits per heavy atom. The standard InChI is InChI=1S/C20H27N5O/c1-15-10-21-6-3-18(15)14-25-7-4-17(5-8-25)9-19-11-24-20(13-23-19)12-22-16(2)26/h3,6,10-11,13,17H,4-5,7-9,12,14H2,1-2H3,(H,22,26). The molecule has 2 aromatic rings. The number of amides is 1. The Morgan fingerprint density at radius 2 is 1.92 bits per heavy atom. The van der Waals surface area contributed by atoms with E-state index in [1.807, 2.05) is 18.6 Å². The first-order chi connectivity index (χ1) is 12.6. The maximum atomic E-state index is 10.9. The third-order valence-corrected chi connectivity index (χ3v) is 5.01. The van der Waals surface area contributed by atoms with Crippen LogP contribution in [0.2, 0.25) is 0 Å². The summed E-state index contributed by atoms with van der Waals surface area (Å²) in [6, 6.07) is 2.12. The number of nitrogens with zero attached hydrogens (tertiary/aromatic N) is 4. The van der Waals surface area contributed by atoms with Crippen molar-refractivity contribution >= 4 is 5.91 Å². The van der Waals surface area contributed by atoms with E-state index in [9.17, 15) is 4.79 Å². The Bertz CT molecular complexity index is 723. The van der Waals surface area contributed by atoms with Crippen LogP contribution < -0.4 is 5.32 Å². The SMILES string of the molecule is CC(=O)NCc1cnc(CC2CCN(Cc3ccncc3C)CC2)cn1. The molecule has 0 radical (unpaired) electrons. The molecule has 138 valence electrons. The molecule has 0 atom stereocenters. The Balaban J connectivity index is 1.45. The first-order valence-electron chi connectivity index (χ1n) is 9.26. The molecule has 1 N–H and O–H groups in total. The van der Waals surface area contributed by atoms with Crippen LogP contribution >= 0.6 is 0 Å². The zero-order chi connectivity index (χ0) is 18.4. The monoisotopic (exact) mass is 353 g/mol. The van der Waals surface area contributed by atoms with Gasteiger partial charge in [0.1, 0.15) is 0 Å². The van der Waals surface area contributed by atoms with Crippen LogP contribution in [-0.4, -0.2) is 38.8 Å². The average molecular weight is 353 g/mol. The lowest BCUT2D eigenvalue weighted by Gasteiger charge is -2.32. The van der Waals surface area contributed by atoms with Crippen LogP contribution in [0.1, 0.15) is 42.3 Å². The van der Waals surface area contributed by atoms with Crippen LogP contribution in [0.25, 0.3) is 0 Å². The molecule has 0 aromatic carbocycles. The Kier molecular flexibility index (Phi) is 6.28. The van der Waals surface area contributed by atoms with Gasteiger partial charge in [-0.3, -0.25) is 24.6 Å². The highest BCUT2D eigenvalue weighted by Gasteiger charge is 2.20. The minimum absolute atomic E-state index is 0.0513. The van der Waals surface area contributed by atoms with Crippen molar-refractivity contribution in [2.24, 2.45) is 5.92 Å². The first-order valence-corrected chi connectivity index (χ1v) is 9.26. The van der Waals surface area contributed by atoms with Gasteiger partial charge in [-0.05, 0) is 62.4 Å². The van der Waals surface area contributed by atoms with E-state index in [0.717, 1.165) is 37.4 Å². The summed E-state index contributed by atoms with van der Waals surface area (Å²) < 4.78 is 0. The Morgan fingerprint density at radius 1 is 1.19 bits per heavy atom. The molecule has 2 aromatic heterocycles. The van der Waals surface area contributed by atoms with E-state index in [4.69, 9.17) is 0 Å².